The summed E-state index contributed by atoms with van der Waals surface area (Å²) in [5.41, 5.74) is 2.32. The molecule has 0 fully saturated rings. The predicted molar refractivity (Wildman–Crippen MR) is 80.1 cm³/mol. The lowest BCUT2D eigenvalue weighted by Crippen LogP contribution is -2.18. The van der Waals surface area contributed by atoms with Crippen molar-refractivity contribution in [3.05, 3.63) is 51.5 Å². The number of carboxylic acid groups (broad SMARTS) is 1. The standard InChI is InChI=1S/C15H18N2O2S/c1-3-14-17-13(9-20-14)10(2)16-8-11-5-4-6-12(7-11)15(18)19/h4-7,9-10,16H,3,8H2,1-2H3,(H,18,19). The van der Waals surface area contributed by atoms with Gasteiger partial charge in [-0.3, -0.25) is 0 Å². The normalized spacial score (nSPS) is 12.3. The Morgan fingerprint density at radius 2 is 2.30 bits per heavy atom. The summed E-state index contributed by atoms with van der Waals surface area (Å²) < 4.78 is 0. The molecule has 20 heavy (non-hydrogen) atoms. The summed E-state index contributed by atoms with van der Waals surface area (Å²) >= 11 is 1.68. The van der Waals surface area contributed by atoms with Crippen LogP contribution in [0.3, 0.4) is 0 Å². The van der Waals surface area contributed by atoms with Crippen molar-refractivity contribution in [2.75, 3.05) is 0 Å². The first-order valence-electron chi connectivity index (χ1n) is 6.60. The van der Waals surface area contributed by atoms with Gasteiger partial charge in [0, 0.05) is 18.0 Å². The molecule has 5 heteroatoms. The van der Waals surface area contributed by atoms with Crippen molar-refractivity contribution in [3.63, 3.8) is 0 Å². The number of aromatic carboxylic acids is 1. The highest BCUT2D eigenvalue weighted by Crippen LogP contribution is 2.17. The fraction of sp³-hybridized carbons (Fsp3) is 0.333. The molecule has 1 atom stereocenters. The minimum absolute atomic E-state index is 0.153. The van der Waals surface area contributed by atoms with Gasteiger partial charge in [-0.2, -0.15) is 0 Å². The van der Waals surface area contributed by atoms with Crippen molar-refractivity contribution in [3.8, 4) is 0 Å². The van der Waals surface area contributed by atoms with Crippen LogP contribution in [0.25, 0.3) is 0 Å². The topological polar surface area (TPSA) is 62.2 Å². The highest BCUT2D eigenvalue weighted by Gasteiger charge is 2.09. The third-order valence-electron chi connectivity index (χ3n) is 3.10. The van der Waals surface area contributed by atoms with Gasteiger partial charge in [-0.1, -0.05) is 19.1 Å². The first kappa shape index (κ1) is 14.7. The maximum absolute atomic E-state index is 10.9. The second-order valence-electron chi connectivity index (χ2n) is 4.63. The van der Waals surface area contributed by atoms with Gasteiger partial charge in [0.15, 0.2) is 0 Å². The highest BCUT2D eigenvalue weighted by atomic mass is 32.1. The summed E-state index contributed by atoms with van der Waals surface area (Å²) in [6.07, 6.45) is 0.956. The molecular formula is C15H18N2O2S. The molecule has 1 aromatic carbocycles. The van der Waals surface area contributed by atoms with Crippen LogP contribution in [-0.2, 0) is 13.0 Å². The number of thiazole rings is 1. The number of hydrogen-bond acceptors (Lipinski definition) is 4. The molecule has 0 aliphatic carbocycles. The van der Waals surface area contributed by atoms with Crippen LogP contribution in [0.5, 0.6) is 0 Å². The fourth-order valence-electron chi connectivity index (χ4n) is 1.88. The van der Waals surface area contributed by atoms with Crippen LogP contribution in [0.2, 0.25) is 0 Å². The molecule has 0 spiro atoms. The number of nitrogens with zero attached hydrogens (tertiary/aromatic N) is 1. The number of nitrogens with one attached hydrogen (secondary N) is 1. The Labute approximate surface area is 122 Å². The molecule has 2 aromatic rings. The van der Waals surface area contributed by atoms with Crippen molar-refractivity contribution < 1.29 is 9.90 Å². The Kier molecular flexibility index (Phi) is 4.87. The molecule has 0 aliphatic rings. The predicted octanol–water partition coefficient (Wildman–Crippen LogP) is 3.25. The zero-order chi connectivity index (χ0) is 14.5. The third-order valence-corrected chi connectivity index (χ3v) is 4.11. The van der Waals surface area contributed by atoms with Gasteiger partial charge in [-0.25, -0.2) is 9.78 Å². The smallest absolute Gasteiger partial charge is 0.335 e. The van der Waals surface area contributed by atoms with E-state index >= 15 is 0 Å². The molecule has 2 N–H and O–H groups in total. The van der Waals surface area contributed by atoms with E-state index in [9.17, 15) is 4.79 Å². The maximum Gasteiger partial charge on any atom is 0.335 e. The van der Waals surface area contributed by atoms with Crippen LogP contribution in [0.15, 0.2) is 29.6 Å². The summed E-state index contributed by atoms with van der Waals surface area (Å²) in [5, 5.41) is 15.5. The zero-order valence-corrected chi connectivity index (χ0v) is 12.4. The van der Waals surface area contributed by atoms with Crippen LogP contribution in [0.4, 0.5) is 0 Å². The molecule has 1 unspecified atom stereocenters. The Morgan fingerprint density at radius 3 is 2.95 bits per heavy atom. The average molecular weight is 290 g/mol. The van der Waals surface area contributed by atoms with Crippen molar-refractivity contribution >= 4 is 17.3 Å². The van der Waals surface area contributed by atoms with E-state index in [1.807, 2.05) is 6.07 Å². The Bertz CT molecular complexity index is 595. The minimum atomic E-state index is -0.896. The van der Waals surface area contributed by atoms with E-state index in [0.29, 0.717) is 12.1 Å². The Hall–Kier alpha value is -1.72. The van der Waals surface area contributed by atoms with E-state index in [2.05, 4.69) is 29.5 Å². The van der Waals surface area contributed by atoms with Gasteiger partial charge in [0.25, 0.3) is 0 Å². The molecule has 0 bridgehead atoms. The summed E-state index contributed by atoms with van der Waals surface area (Å²) in [4.78, 5) is 15.5. The molecule has 0 radical (unpaired) electrons. The van der Waals surface area contributed by atoms with E-state index in [0.717, 1.165) is 22.7 Å². The van der Waals surface area contributed by atoms with E-state index in [4.69, 9.17) is 5.11 Å². The van der Waals surface area contributed by atoms with Gasteiger partial charge in [0.2, 0.25) is 0 Å². The number of aromatic nitrogens is 1. The molecular weight excluding hydrogens is 272 g/mol. The largest absolute Gasteiger partial charge is 0.478 e. The number of carbonyl (C=O) groups is 1. The summed E-state index contributed by atoms with van der Waals surface area (Å²) in [6.45, 7) is 4.79. The lowest BCUT2D eigenvalue weighted by Gasteiger charge is -2.11. The van der Waals surface area contributed by atoms with E-state index in [1.165, 1.54) is 0 Å². The van der Waals surface area contributed by atoms with Crippen LogP contribution in [-0.4, -0.2) is 16.1 Å². The molecule has 106 valence electrons. The second kappa shape index (κ2) is 6.63. The lowest BCUT2D eigenvalue weighted by atomic mass is 10.1. The van der Waals surface area contributed by atoms with Crippen molar-refractivity contribution in [1.82, 2.24) is 10.3 Å². The van der Waals surface area contributed by atoms with Gasteiger partial charge < -0.3 is 10.4 Å². The highest BCUT2D eigenvalue weighted by molar-refractivity contribution is 7.09. The molecule has 0 amide bonds. The molecule has 0 aliphatic heterocycles. The monoisotopic (exact) mass is 290 g/mol. The number of rotatable bonds is 6. The van der Waals surface area contributed by atoms with Crippen LogP contribution in [0.1, 0.15) is 46.5 Å². The lowest BCUT2D eigenvalue weighted by molar-refractivity contribution is 0.0696. The molecule has 0 saturated carbocycles. The van der Waals surface area contributed by atoms with Gasteiger partial charge in [0.1, 0.15) is 0 Å². The quantitative estimate of drug-likeness (QED) is 0.857. The summed E-state index contributed by atoms with van der Waals surface area (Å²) in [5.74, 6) is -0.896. The van der Waals surface area contributed by atoms with Crippen molar-refractivity contribution in [2.45, 2.75) is 32.9 Å². The first-order chi connectivity index (χ1) is 9.60. The molecule has 0 saturated heterocycles. The van der Waals surface area contributed by atoms with Gasteiger partial charge in [0.05, 0.1) is 16.3 Å². The van der Waals surface area contributed by atoms with Crippen LogP contribution >= 0.6 is 11.3 Å². The molecule has 1 heterocycles. The molecule has 4 nitrogen and oxygen atoms in total. The zero-order valence-electron chi connectivity index (χ0n) is 11.6. The van der Waals surface area contributed by atoms with Crippen LogP contribution < -0.4 is 5.32 Å². The van der Waals surface area contributed by atoms with E-state index in [-0.39, 0.29) is 6.04 Å². The maximum atomic E-state index is 10.9. The van der Waals surface area contributed by atoms with E-state index < -0.39 is 5.97 Å². The summed E-state index contributed by atoms with van der Waals surface area (Å²) in [7, 11) is 0. The summed E-state index contributed by atoms with van der Waals surface area (Å²) in [6, 6.07) is 7.14. The van der Waals surface area contributed by atoms with Crippen LogP contribution in [0, 0.1) is 0 Å². The Morgan fingerprint density at radius 1 is 1.50 bits per heavy atom. The van der Waals surface area contributed by atoms with E-state index in [1.54, 1.807) is 29.5 Å². The second-order valence-corrected chi connectivity index (χ2v) is 5.57. The Balaban J connectivity index is 1.97. The van der Waals surface area contributed by atoms with Gasteiger partial charge in [-0.05, 0) is 31.0 Å². The molecule has 2 rings (SSSR count). The number of aryl methyl sites for hydroxylation is 1. The third kappa shape index (κ3) is 3.65. The number of hydrogen-bond donors (Lipinski definition) is 2. The minimum Gasteiger partial charge on any atom is -0.478 e. The van der Waals surface area contributed by atoms with Crippen molar-refractivity contribution in [2.24, 2.45) is 0 Å². The van der Waals surface area contributed by atoms with Gasteiger partial charge >= 0.3 is 5.97 Å². The SMILES string of the molecule is CCc1nc(C(C)NCc2cccc(C(=O)O)c2)cs1. The van der Waals surface area contributed by atoms with Gasteiger partial charge in [-0.15, -0.1) is 11.3 Å². The number of benzene rings is 1. The van der Waals surface area contributed by atoms with Crippen molar-refractivity contribution in [1.29, 1.82) is 0 Å². The fourth-order valence-corrected chi connectivity index (χ4v) is 2.71. The number of carboxylic acids is 1. The average Bonchev–Trinajstić information content (AvgIpc) is 2.94. The molecule has 1 aromatic heterocycles. The first-order valence-corrected chi connectivity index (χ1v) is 7.48.